The van der Waals surface area contributed by atoms with Crippen LogP contribution in [-0.4, -0.2) is 23.9 Å². The van der Waals surface area contributed by atoms with Gasteiger partial charge >= 0.3 is 23.9 Å². The van der Waals surface area contributed by atoms with Gasteiger partial charge < -0.3 is 9.47 Å². The smallest absolute Gasteiger partial charge is 0.346 e. The Hall–Kier alpha value is -2.76. The molecule has 0 aromatic carbocycles. The van der Waals surface area contributed by atoms with Crippen molar-refractivity contribution in [3.05, 3.63) is 46.6 Å². The Bertz CT molecular complexity index is 643. The van der Waals surface area contributed by atoms with Crippen LogP contribution in [0.15, 0.2) is 46.6 Å². The van der Waals surface area contributed by atoms with Gasteiger partial charge in [-0.05, 0) is 33.1 Å². The Kier molecular flexibility index (Phi) is 5.05. The van der Waals surface area contributed by atoms with Crippen LogP contribution in [0.2, 0.25) is 0 Å². The highest BCUT2D eigenvalue weighted by molar-refractivity contribution is 6.14. The molecular formula is C17H16O6. The second-order valence-electron chi connectivity index (χ2n) is 5.17. The van der Waals surface area contributed by atoms with E-state index in [0.717, 1.165) is 6.42 Å². The normalized spacial score (nSPS) is 18.9. The van der Waals surface area contributed by atoms with Gasteiger partial charge in [0.2, 0.25) is 0 Å². The molecule has 6 heteroatoms. The lowest BCUT2D eigenvalue weighted by molar-refractivity contribution is -0.152. The summed E-state index contributed by atoms with van der Waals surface area (Å²) in [5.74, 6) is -2.43. The molecule has 0 aromatic rings. The number of carbonyl (C=O) groups excluding carboxylic acids is 4. The van der Waals surface area contributed by atoms with Crippen molar-refractivity contribution in [2.24, 2.45) is 0 Å². The number of rotatable bonds is 6. The van der Waals surface area contributed by atoms with Crippen LogP contribution in [0.25, 0.3) is 0 Å². The monoisotopic (exact) mass is 316 g/mol. The average molecular weight is 316 g/mol. The molecule has 0 fully saturated rings. The zero-order valence-electron chi connectivity index (χ0n) is 12.9. The van der Waals surface area contributed by atoms with E-state index in [2.05, 4.69) is 9.47 Å². The molecule has 0 atom stereocenters. The predicted octanol–water partition coefficient (Wildman–Crippen LogP) is 2.07. The molecule has 0 saturated heterocycles. The minimum absolute atomic E-state index is 0.290. The molecule has 0 radical (unpaired) electrons. The molecule has 2 aliphatic heterocycles. The van der Waals surface area contributed by atoms with Crippen LogP contribution in [0.5, 0.6) is 0 Å². The Morgan fingerprint density at radius 3 is 1.39 bits per heavy atom. The van der Waals surface area contributed by atoms with Gasteiger partial charge in [0.1, 0.15) is 0 Å². The molecular weight excluding hydrogens is 300 g/mol. The lowest BCUT2D eigenvalue weighted by Gasteiger charge is -1.93. The molecule has 2 rings (SSSR count). The summed E-state index contributed by atoms with van der Waals surface area (Å²) in [5, 5.41) is 0. The van der Waals surface area contributed by atoms with Crippen molar-refractivity contribution in [1.82, 2.24) is 0 Å². The number of hydrogen-bond acceptors (Lipinski definition) is 6. The largest absolute Gasteiger partial charge is 0.386 e. The second kappa shape index (κ2) is 7.00. The highest BCUT2D eigenvalue weighted by Gasteiger charge is 2.28. The number of hydrogen-bond donors (Lipinski definition) is 0. The van der Waals surface area contributed by atoms with Crippen LogP contribution in [0.3, 0.4) is 0 Å². The fourth-order valence-corrected chi connectivity index (χ4v) is 2.10. The van der Waals surface area contributed by atoms with E-state index in [1.165, 1.54) is 0 Å². The first-order chi connectivity index (χ1) is 10.9. The van der Waals surface area contributed by atoms with E-state index in [1.807, 2.05) is 0 Å². The number of carbonyl (C=O) groups is 4. The number of esters is 4. The summed E-state index contributed by atoms with van der Waals surface area (Å²) >= 11 is 0. The summed E-state index contributed by atoms with van der Waals surface area (Å²) in [7, 11) is 0. The molecule has 23 heavy (non-hydrogen) atoms. The third-order valence-electron chi connectivity index (χ3n) is 3.54. The number of unbranched alkanes of at least 4 members (excludes halogenated alkanes) is 2. The number of allylic oxidation sites excluding steroid dienone is 2. The molecule has 0 aromatic heterocycles. The Morgan fingerprint density at radius 1 is 0.696 bits per heavy atom. The lowest BCUT2D eigenvalue weighted by Crippen LogP contribution is -2.01. The van der Waals surface area contributed by atoms with Crippen LogP contribution >= 0.6 is 0 Å². The fraction of sp³-hybridized carbons (Fsp3) is 0.294. The van der Waals surface area contributed by atoms with Crippen LogP contribution < -0.4 is 0 Å². The van der Waals surface area contributed by atoms with Crippen molar-refractivity contribution < 1.29 is 28.7 Å². The first-order valence-electron chi connectivity index (χ1n) is 7.19. The summed E-state index contributed by atoms with van der Waals surface area (Å²) in [5.41, 5.74) is 1.22. The summed E-state index contributed by atoms with van der Waals surface area (Å²) in [6.45, 7) is 3.10. The predicted molar refractivity (Wildman–Crippen MR) is 79.7 cm³/mol. The van der Waals surface area contributed by atoms with Crippen LogP contribution in [0.1, 0.15) is 33.1 Å². The van der Waals surface area contributed by atoms with E-state index < -0.39 is 23.9 Å². The maximum Gasteiger partial charge on any atom is 0.346 e. The molecule has 0 amide bonds. The Labute approximate surface area is 133 Å². The van der Waals surface area contributed by atoms with E-state index in [-0.39, 0.29) is 0 Å². The van der Waals surface area contributed by atoms with Crippen molar-refractivity contribution >= 4 is 23.9 Å². The SMILES string of the molecule is CC1=C(/C=C/CCC/C=C/C2=C(C)C(=O)OC2=O)C(=O)OC1=O. The third kappa shape index (κ3) is 3.71. The highest BCUT2D eigenvalue weighted by atomic mass is 16.6. The summed E-state index contributed by atoms with van der Waals surface area (Å²) in [6.07, 6.45) is 8.96. The van der Waals surface area contributed by atoms with Crippen molar-refractivity contribution in [2.75, 3.05) is 0 Å². The molecule has 0 N–H and O–H groups in total. The van der Waals surface area contributed by atoms with Crippen molar-refractivity contribution in [3.8, 4) is 0 Å². The van der Waals surface area contributed by atoms with E-state index in [4.69, 9.17) is 0 Å². The minimum atomic E-state index is -0.615. The molecule has 120 valence electrons. The second-order valence-corrected chi connectivity index (χ2v) is 5.17. The Morgan fingerprint density at radius 2 is 1.09 bits per heavy atom. The van der Waals surface area contributed by atoms with Crippen molar-refractivity contribution in [1.29, 1.82) is 0 Å². The van der Waals surface area contributed by atoms with E-state index in [9.17, 15) is 19.2 Å². The lowest BCUT2D eigenvalue weighted by atomic mass is 10.1. The van der Waals surface area contributed by atoms with Gasteiger partial charge in [-0.1, -0.05) is 24.3 Å². The molecule has 0 bridgehead atoms. The van der Waals surface area contributed by atoms with Gasteiger partial charge in [0, 0.05) is 11.1 Å². The summed E-state index contributed by atoms with van der Waals surface area (Å²) in [4.78, 5) is 45.0. The van der Waals surface area contributed by atoms with Crippen LogP contribution in [0, 0.1) is 0 Å². The van der Waals surface area contributed by atoms with Gasteiger partial charge in [0.05, 0.1) is 11.1 Å². The van der Waals surface area contributed by atoms with Gasteiger partial charge in [0.15, 0.2) is 0 Å². The van der Waals surface area contributed by atoms with E-state index in [0.29, 0.717) is 35.1 Å². The molecule has 0 aliphatic carbocycles. The Balaban J connectivity index is 1.79. The maximum absolute atomic E-state index is 11.4. The first-order valence-corrected chi connectivity index (χ1v) is 7.19. The average Bonchev–Trinajstić information content (AvgIpc) is 2.88. The van der Waals surface area contributed by atoms with E-state index in [1.54, 1.807) is 38.2 Å². The van der Waals surface area contributed by atoms with Crippen LogP contribution in [0.4, 0.5) is 0 Å². The summed E-state index contributed by atoms with van der Waals surface area (Å²) < 4.78 is 8.95. The van der Waals surface area contributed by atoms with Gasteiger partial charge in [-0.3, -0.25) is 0 Å². The van der Waals surface area contributed by atoms with Crippen molar-refractivity contribution in [3.63, 3.8) is 0 Å². The molecule has 6 nitrogen and oxygen atoms in total. The van der Waals surface area contributed by atoms with Gasteiger partial charge in [-0.25, -0.2) is 19.2 Å². The zero-order chi connectivity index (χ0) is 17.0. The zero-order valence-corrected chi connectivity index (χ0v) is 12.9. The van der Waals surface area contributed by atoms with Gasteiger partial charge in [-0.2, -0.15) is 0 Å². The molecule has 2 aliphatic rings. The highest BCUT2D eigenvalue weighted by Crippen LogP contribution is 2.19. The van der Waals surface area contributed by atoms with Gasteiger partial charge in [0.25, 0.3) is 0 Å². The third-order valence-corrected chi connectivity index (χ3v) is 3.54. The molecule has 2 heterocycles. The number of ether oxygens (including phenoxy) is 2. The van der Waals surface area contributed by atoms with E-state index >= 15 is 0 Å². The molecule has 0 saturated carbocycles. The minimum Gasteiger partial charge on any atom is -0.386 e. The quantitative estimate of drug-likeness (QED) is 0.423. The number of cyclic esters (lactones) is 4. The maximum atomic E-state index is 11.4. The topological polar surface area (TPSA) is 86.7 Å². The standard InChI is InChI=1S/C17H16O6/c1-10-12(16(20)22-14(10)18)8-6-4-3-5-7-9-13-11(2)15(19)23-17(13)21/h6-9H,3-5H2,1-2H3/b8-6+,9-7+. The van der Waals surface area contributed by atoms with Gasteiger partial charge in [-0.15, -0.1) is 0 Å². The summed E-state index contributed by atoms with van der Waals surface area (Å²) in [6, 6.07) is 0. The molecule has 0 spiro atoms. The molecule has 0 unspecified atom stereocenters. The van der Waals surface area contributed by atoms with Crippen LogP contribution in [-0.2, 0) is 28.7 Å². The first kappa shape index (κ1) is 16.6. The van der Waals surface area contributed by atoms with Crippen molar-refractivity contribution in [2.45, 2.75) is 33.1 Å². The fourth-order valence-electron chi connectivity index (χ4n) is 2.10.